The van der Waals surface area contributed by atoms with Gasteiger partial charge in [-0.3, -0.25) is 4.90 Å². The van der Waals surface area contributed by atoms with Gasteiger partial charge in [0.05, 0.1) is 5.60 Å². The summed E-state index contributed by atoms with van der Waals surface area (Å²) in [6.45, 7) is 6.17. The molecule has 122 valence electrons. The van der Waals surface area contributed by atoms with Crippen LogP contribution in [0.25, 0.3) is 0 Å². The lowest BCUT2D eigenvalue weighted by Crippen LogP contribution is -2.52. The summed E-state index contributed by atoms with van der Waals surface area (Å²) in [4.78, 5) is 2.50. The zero-order chi connectivity index (χ0) is 15.3. The Morgan fingerprint density at radius 3 is 2.81 bits per heavy atom. The standard InChI is InChI=1S/C15H29N3O2S/c1-12(2)18(7-3-14(16)17-19)13-4-8-20-15(11-13)5-9-21-10-6-15/h12-13,19H,3-11H2,1-2H3,(H2,16,17). The highest BCUT2D eigenvalue weighted by Gasteiger charge is 2.40. The van der Waals surface area contributed by atoms with Gasteiger partial charge in [-0.2, -0.15) is 11.8 Å². The van der Waals surface area contributed by atoms with E-state index in [1.807, 2.05) is 11.8 Å². The minimum absolute atomic E-state index is 0.109. The third-order valence-corrected chi connectivity index (χ3v) is 5.74. The number of thioether (sulfide) groups is 1. The first-order valence-corrected chi connectivity index (χ1v) is 9.16. The van der Waals surface area contributed by atoms with Crippen LogP contribution in [0.2, 0.25) is 0 Å². The lowest BCUT2D eigenvalue weighted by atomic mass is 9.84. The molecule has 1 spiro atoms. The zero-order valence-electron chi connectivity index (χ0n) is 13.3. The lowest BCUT2D eigenvalue weighted by Gasteiger charge is -2.47. The van der Waals surface area contributed by atoms with Gasteiger partial charge in [0, 0.05) is 31.7 Å². The maximum Gasteiger partial charge on any atom is 0.140 e. The molecular weight excluding hydrogens is 286 g/mol. The average molecular weight is 315 g/mol. The number of nitrogens with two attached hydrogens (primary N) is 1. The molecule has 0 aliphatic carbocycles. The first-order chi connectivity index (χ1) is 10.1. The number of amidine groups is 1. The molecule has 2 saturated heterocycles. The van der Waals surface area contributed by atoms with Crippen LogP contribution in [0.5, 0.6) is 0 Å². The fourth-order valence-electron chi connectivity index (χ4n) is 3.53. The SMILES string of the molecule is CC(C)N(CCC(N)=NO)C1CCOC2(CCSCC2)C1. The molecule has 1 atom stereocenters. The molecule has 0 aromatic heterocycles. The minimum Gasteiger partial charge on any atom is -0.409 e. The third kappa shape index (κ3) is 4.50. The Hall–Kier alpha value is -0.460. The molecule has 2 fully saturated rings. The van der Waals surface area contributed by atoms with E-state index in [0.29, 0.717) is 24.3 Å². The van der Waals surface area contributed by atoms with Crippen LogP contribution in [0, 0.1) is 0 Å². The topological polar surface area (TPSA) is 71.1 Å². The van der Waals surface area contributed by atoms with Gasteiger partial charge < -0.3 is 15.7 Å². The summed E-state index contributed by atoms with van der Waals surface area (Å²) >= 11 is 2.04. The highest BCUT2D eigenvalue weighted by atomic mass is 32.2. The number of oxime groups is 1. The number of nitrogens with zero attached hydrogens (tertiary/aromatic N) is 2. The van der Waals surface area contributed by atoms with Crippen LogP contribution < -0.4 is 5.73 Å². The van der Waals surface area contributed by atoms with Gasteiger partial charge in [-0.15, -0.1) is 0 Å². The van der Waals surface area contributed by atoms with Gasteiger partial charge >= 0.3 is 0 Å². The molecule has 2 rings (SSSR count). The molecule has 0 aromatic carbocycles. The van der Waals surface area contributed by atoms with Gasteiger partial charge in [0.1, 0.15) is 5.84 Å². The molecule has 2 aliphatic rings. The normalized spacial score (nSPS) is 26.7. The molecule has 0 bridgehead atoms. The monoisotopic (exact) mass is 315 g/mol. The van der Waals surface area contributed by atoms with Crippen molar-refractivity contribution < 1.29 is 9.94 Å². The Balaban J connectivity index is 1.98. The van der Waals surface area contributed by atoms with E-state index in [9.17, 15) is 0 Å². The predicted molar refractivity (Wildman–Crippen MR) is 88.1 cm³/mol. The Kier molecular flexibility index (Phi) is 6.20. The highest BCUT2D eigenvalue weighted by molar-refractivity contribution is 7.99. The Bertz CT molecular complexity index is 351. The van der Waals surface area contributed by atoms with Gasteiger partial charge in [0.2, 0.25) is 0 Å². The molecule has 1 unspecified atom stereocenters. The molecular formula is C15H29N3O2S. The molecule has 0 radical (unpaired) electrons. The van der Waals surface area contributed by atoms with E-state index in [2.05, 4.69) is 23.9 Å². The maximum atomic E-state index is 8.72. The summed E-state index contributed by atoms with van der Waals surface area (Å²) in [5.74, 6) is 2.76. The van der Waals surface area contributed by atoms with Crippen LogP contribution in [-0.2, 0) is 4.74 Å². The van der Waals surface area contributed by atoms with Gasteiger partial charge in [-0.25, -0.2) is 0 Å². The van der Waals surface area contributed by atoms with Crippen molar-refractivity contribution in [2.24, 2.45) is 10.9 Å². The Morgan fingerprint density at radius 1 is 1.48 bits per heavy atom. The van der Waals surface area contributed by atoms with Crippen LogP contribution in [-0.4, -0.2) is 58.3 Å². The molecule has 21 heavy (non-hydrogen) atoms. The van der Waals surface area contributed by atoms with E-state index in [1.54, 1.807) is 0 Å². The summed E-state index contributed by atoms with van der Waals surface area (Å²) < 4.78 is 6.18. The van der Waals surface area contributed by atoms with Gasteiger partial charge in [0.15, 0.2) is 0 Å². The first kappa shape index (κ1) is 16.9. The van der Waals surface area contributed by atoms with Crippen molar-refractivity contribution in [2.75, 3.05) is 24.7 Å². The zero-order valence-corrected chi connectivity index (χ0v) is 14.1. The molecule has 3 N–H and O–H groups in total. The van der Waals surface area contributed by atoms with Crippen LogP contribution in [0.3, 0.4) is 0 Å². The average Bonchev–Trinajstić information content (AvgIpc) is 2.47. The van der Waals surface area contributed by atoms with Crippen LogP contribution in [0.4, 0.5) is 0 Å². The number of hydrogen-bond donors (Lipinski definition) is 2. The molecule has 2 aliphatic heterocycles. The number of hydrogen-bond acceptors (Lipinski definition) is 5. The second-order valence-corrected chi connectivity index (χ2v) is 7.69. The van der Waals surface area contributed by atoms with Crippen molar-refractivity contribution in [3.63, 3.8) is 0 Å². The lowest BCUT2D eigenvalue weighted by molar-refractivity contribution is -0.113. The minimum atomic E-state index is 0.109. The first-order valence-electron chi connectivity index (χ1n) is 8.00. The summed E-state index contributed by atoms with van der Waals surface area (Å²) in [6, 6.07) is 1.02. The molecule has 0 aromatic rings. The number of ether oxygens (including phenoxy) is 1. The highest BCUT2D eigenvalue weighted by Crippen LogP contribution is 2.39. The van der Waals surface area contributed by atoms with Crippen molar-refractivity contribution in [1.29, 1.82) is 0 Å². The Labute approximate surface area is 132 Å². The molecule has 6 heteroatoms. The van der Waals surface area contributed by atoms with E-state index in [-0.39, 0.29) is 5.60 Å². The molecule has 0 saturated carbocycles. The largest absolute Gasteiger partial charge is 0.409 e. The van der Waals surface area contributed by atoms with Crippen molar-refractivity contribution >= 4 is 17.6 Å². The van der Waals surface area contributed by atoms with Gasteiger partial charge in [-0.05, 0) is 51.0 Å². The second-order valence-electron chi connectivity index (χ2n) is 6.46. The fraction of sp³-hybridized carbons (Fsp3) is 0.933. The van der Waals surface area contributed by atoms with Gasteiger partial charge in [0.25, 0.3) is 0 Å². The molecule has 0 amide bonds. The third-order valence-electron chi connectivity index (χ3n) is 4.76. The van der Waals surface area contributed by atoms with Crippen molar-refractivity contribution in [1.82, 2.24) is 4.90 Å². The van der Waals surface area contributed by atoms with E-state index in [4.69, 9.17) is 15.7 Å². The molecule has 2 heterocycles. The number of rotatable bonds is 5. The van der Waals surface area contributed by atoms with Crippen LogP contribution >= 0.6 is 11.8 Å². The van der Waals surface area contributed by atoms with Gasteiger partial charge in [-0.1, -0.05) is 5.16 Å². The van der Waals surface area contributed by atoms with Crippen molar-refractivity contribution in [3.05, 3.63) is 0 Å². The van der Waals surface area contributed by atoms with E-state index in [1.165, 1.54) is 24.3 Å². The predicted octanol–water partition coefficient (Wildman–Crippen LogP) is 2.28. The van der Waals surface area contributed by atoms with E-state index >= 15 is 0 Å². The summed E-state index contributed by atoms with van der Waals surface area (Å²) in [5, 5.41) is 11.8. The van der Waals surface area contributed by atoms with E-state index < -0.39 is 0 Å². The maximum absolute atomic E-state index is 8.72. The quantitative estimate of drug-likeness (QED) is 0.352. The van der Waals surface area contributed by atoms with Crippen LogP contribution in [0.1, 0.15) is 46.0 Å². The molecule has 5 nitrogen and oxygen atoms in total. The smallest absolute Gasteiger partial charge is 0.140 e. The summed E-state index contributed by atoms with van der Waals surface area (Å²) in [7, 11) is 0. The summed E-state index contributed by atoms with van der Waals surface area (Å²) in [6.07, 6.45) is 5.20. The van der Waals surface area contributed by atoms with Crippen LogP contribution in [0.15, 0.2) is 5.16 Å². The van der Waals surface area contributed by atoms with Crippen molar-refractivity contribution in [3.8, 4) is 0 Å². The Morgan fingerprint density at radius 2 is 2.19 bits per heavy atom. The second kappa shape index (κ2) is 7.70. The van der Waals surface area contributed by atoms with E-state index in [0.717, 1.165) is 26.0 Å². The fourth-order valence-corrected chi connectivity index (χ4v) is 4.77. The van der Waals surface area contributed by atoms with Crippen molar-refractivity contribution in [2.45, 2.75) is 63.6 Å². The summed E-state index contributed by atoms with van der Waals surface area (Å²) in [5.41, 5.74) is 5.74.